The zero-order chi connectivity index (χ0) is 13.8. The molecule has 2 atom stereocenters. The van der Waals surface area contributed by atoms with Gasteiger partial charge in [-0.2, -0.15) is 0 Å². The van der Waals surface area contributed by atoms with E-state index in [-0.39, 0.29) is 29.3 Å². The van der Waals surface area contributed by atoms with Crippen molar-refractivity contribution in [3.63, 3.8) is 0 Å². The molecule has 0 unspecified atom stereocenters. The summed E-state index contributed by atoms with van der Waals surface area (Å²) in [6, 6.07) is 3.39. The Balaban J connectivity index is 1.90. The Kier molecular flexibility index (Phi) is 4.39. The van der Waals surface area contributed by atoms with Crippen molar-refractivity contribution in [1.29, 1.82) is 0 Å². The molecule has 1 aromatic rings. The van der Waals surface area contributed by atoms with Gasteiger partial charge < -0.3 is 15.7 Å². The van der Waals surface area contributed by atoms with Gasteiger partial charge in [0, 0.05) is 23.6 Å². The van der Waals surface area contributed by atoms with Crippen molar-refractivity contribution in [2.24, 2.45) is 5.92 Å². The van der Waals surface area contributed by atoms with Gasteiger partial charge in [-0.05, 0) is 24.6 Å². The lowest BCUT2D eigenvalue weighted by Crippen LogP contribution is -2.36. The predicted octanol–water partition coefficient (Wildman–Crippen LogP) is 2.54. The fourth-order valence-corrected chi connectivity index (χ4v) is 2.09. The Morgan fingerprint density at radius 1 is 1.47 bits per heavy atom. The molecular formula is C13H14ClFN2O2. The van der Waals surface area contributed by atoms with E-state index in [0.29, 0.717) is 6.42 Å². The second-order valence-electron chi connectivity index (χ2n) is 4.39. The predicted molar refractivity (Wildman–Crippen MR) is 71.7 cm³/mol. The minimum atomic E-state index is -0.585. The van der Waals surface area contributed by atoms with Crippen molar-refractivity contribution in [2.45, 2.75) is 12.5 Å². The van der Waals surface area contributed by atoms with Crippen molar-refractivity contribution in [2.75, 3.05) is 11.9 Å². The molecule has 0 fully saturated rings. The van der Waals surface area contributed by atoms with Gasteiger partial charge in [0.05, 0.1) is 5.69 Å². The number of aliphatic hydroxyl groups is 1. The van der Waals surface area contributed by atoms with Crippen LogP contribution in [0.1, 0.15) is 6.42 Å². The molecule has 102 valence electrons. The van der Waals surface area contributed by atoms with Gasteiger partial charge >= 0.3 is 6.03 Å². The normalized spacial score (nSPS) is 21.4. The van der Waals surface area contributed by atoms with Crippen LogP contribution < -0.4 is 10.6 Å². The summed E-state index contributed by atoms with van der Waals surface area (Å²) in [6.07, 6.45) is 4.32. The molecule has 1 aliphatic carbocycles. The topological polar surface area (TPSA) is 61.4 Å². The van der Waals surface area contributed by atoms with Crippen LogP contribution in [0.3, 0.4) is 0 Å². The SMILES string of the molecule is O=C(Nc1ccc(Cl)cc1F)N[C@@H]1C=C[C@H](CO)C1. The van der Waals surface area contributed by atoms with Crippen LogP contribution in [-0.2, 0) is 0 Å². The number of halogens is 2. The second-order valence-corrected chi connectivity index (χ2v) is 4.83. The van der Waals surface area contributed by atoms with Gasteiger partial charge in [0.1, 0.15) is 5.82 Å². The molecule has 0 heterocycles. The molecule has 0 spiro atoms. The van der Waals surface area contributed by atoms with Crippen LogP contribution in [0.4, 0.5) is 14.9 Å². The second kappa shape index (κ2) is 6.04. The largest absolute Gasteiger partial charge is 0.396 e. The quantitative estimate of drug-likeness (QED) is 0.747. The lowest BCUT2D eigenvalue weighted by atomic mass is 10.1. The van der Waals surface area contributed by atoms with Crippen LogP contribution in [0.25, 0.3) is 0 Å². The maximum Gasteiger partial charge on any atom is 0.319 e. The van der Waals surface area contributed by atoms with Crippen LogP contribution in [0.2, 0.25) is 5.02 Å². The smallest absolute Gasteiger partial charge is 0.319 e. The molecule has 0 saturated carbocycles. The molecule has 3 N–H and O–H groups in total. The summed E-state index contributed by atoms with van der Waals surface area (Å²) in [5.74, 6) is -0.518. The van der Waals surface area contributed by atoms with Crippen molar-refractivity contribution in [3.8, 4) is 0 Å². The molecule has 0 bridgehead atoms. The molecule has 0 saturated heterocycles. The van der Waals surface area contributed by atoms with E-state index in [1.165, 1.54) is 12.1 Å². The molecular weight excluding hydrogens is 271 g/mol. The number of aliphatic hydroxyl groups excluding tert-OH is 1. The summed E-state index contributed by atoms with van der Waals surface area (Å²) < 4.78 is 13.5. The number of carbonyl (C=O) groups excluding carboxylic acids is 1. The minimum absolute atomic E-state index is 0.0577. The van der Waals surface area contributed by atoms with Crippen molar-refractivity contribution < 1.29 is 14.3 Å². The van der Waals surface area contributed by atoms with Gasteiger partial charge in [0.2, 0.25) is 0 Å². The van der Waals surface area contributed by atoms with Crippen molar-refractivity contribution in [3.05, 3.63) is 41.2 Å². The standard InChI is InChI=1S/C13H14ClFN2O2/c14-9-2-4-12(11(15)6-9)17-13(19)16-10-3-1-8(5-10)7-18/h1-4,6,8,10,18H,5,7H2,(H2,16,17,19)/t8-,10+/m0/s1. The summed E-state index contributed by atoms with van der Waals surface area (Å²) >= 11 is 5.62. The van der Waals surface area contributed by atoms with Crippen LogP contribution in [0, 0.1) is 11.7 Å². The first-order valence-corrected chi connectivity index (χ1v) is 6.28. The van der Waals surface area contributed by atoms with Gasteiger partial charge in [-0.15, -0.1) is 0 Å². The van der Waals surface area contributed by atoms with E-state index in [1.54, 1.807) is 0 Å². The highest BCUT2D eigenvalue weighted by atomic mass is 35.5. The van der Waals surface area contributed by atoms with E-state index in [0.717, 1.165) is 6.07 Å². The summed E-state index contributed by atoms with van der Waals surface area (Å²) in [4.78, 5) is 11.7. The number of nitrogens with one attached hydrogen (secondary N) is 2. The Hall–Kier alpha value is -1.59. The summed E-state index contributed by atoms with van der Waals surface area (Å²) in [5.41, 5.74) is 0.0718. The molecule has 19 heavy (non-hydrogen) atoms. The lowest BCUT2D eigenvalue weighted by molar-refractivity contribution is 0.238. The first-order valence-electron chi connectivity index (χ1n) is 5.90. The zero-order valence-corrected chi connectivity index (χ0v) is 10.8. The van der Waals surface area contributed by atoms with Gasteiger partial charge in [0.15, 0.2) is 0 Å². The van der Waals surface area contributed by atoms with E-state index in [9.17, 15) is 9.18 Å². The third-order valence-corrected chi connectivity index (χ3v) is 3.14. The van der Waals surface area contributed by atoms with E-state index in [4.69, 9.17) is 16.7 Å². The molecule has 2 amide bonds. The molecule has 1 aliphatic rings. The number of carbonyl (C=O) groups is 1. The average Bonchev–Trinajstić information content (AvgIpc) is 2.80. The highest BCUT2D eigenvalue weighted by Gasteiger charge is 2.20. The van der Waals surface area contributed by atoms with E-state index in [1.807, 2.05) is 12.2 Å². The van der Waals surface area contributed by atoms with Gasteiger partial charge in [-0.25, -0.2) is 9.18 Å². The summed E-state index contributed by atoms with van der Waals surface area (Å²) in [7, 11) is 0. The number of amides is 2. The van der Waals surface area contributed by atoms with Gasteiger partial charge in [-0.1, -0.05) is 23.8 Å². The van der Waals surface area contributed by atoms with Crippen LogP contribution in [0.5, 0.6) is 0 Å². The number of urea groups is 1. The van der Waals surface area contributed by atoms with Crippen LogP contribution in [0.15, 0.2) is 30.4 Å². The minimum Gasteiger partial charge on any atom is -0.396 e. The molecule has 0 radical (unpaired) electrons. The number of hydrogen-bond donors (Lipinski definition) is 3. The summed E-state index contributed by atoms with van der Waals surface area (Å²) in [5, 5.41) is 14.3. The first-order chi connectivity index (χ1) is 9.08. The van der Waals surface area contributed by atoms with Crippen molar-refractivity contribution in [1.82, 2.24) is 5.32 Å². The monoisotopic (exact) mass is 284 g/mol. The fourth-order valence-electron chi connectivity index (χ4n) is 1.93. The number of anilines is 1. The molecule has 2 rings (SSSR count). The highest BCUT2D eigenvalue weighted by molar-refractivity contribution is 6.30. The lowest BCUT2D eigenvalue weighted by Gasteiger charge is -2.14. The molecule has 4 nitrogen and oxygen atoms in total. The molecule has 6 heteroatoms. The Morgan fingerprint density at radius 3 is 2.89 bits per heavy atom. The molecule has 0 aromatic heterocycles. The van der Waals surface area contributed by atoms with Gasteiger partial charge in [-0.3, -0.25) is 0 Å². The van der Waals surface area contributed by atoms with E-state index in [2.05, 4.69) is 10.6 Å². The summed E-state index contributed by atoms with van der Waals surface area (Å²) in [6.45, 7) is 0.0577. The van der Waals surface area contributed by atoms with Gasteiger partial charge in [0.25, 0.3) is 0 Å². The molecule has 1 aromatic carbocycles. The van der Waals surface area contributed by atoms with Crippen LogP contribution >= 0.6 is 11.6 Å². The Morgan fingerprint density at radius 2 is 2.26 bits per heavy atom. The number of hydrogen-bond acceptors (Lipinski definition) is 2. The maximum absolute atomic E-state index is 13.5. The van der Waals surface area contributed by atoms with Crippen molar-refractivity contribution >= 4 is 23.3 Å². The van der Waals surface area contributed by atoms with E-state index < -0.39 is 11.8 Å². The average molecular weight is 285 g/mol. The number of rotatable bonds is 3. The fraction of sp³-hybridized carbons (Fsp3) is 0.308. The Labute approximate surface area is 115 Å². The third kappa shape index (κ3) is 3.68. The molecule has 0 aliphatic heterocycles. The third-order valence-electron chi connectivity index (χ3n) is 2.90. The number of benzene rings is 1. The zero-order valence-electron chi connectivity index (χ0n) is 10.1. The Bertz CT molecular complexity index is 507. The van der Waals surface area contributed by atoms with E-state index >= 15 is 0 Å². The maximum atomic E-state index is 13.5. The van der Waals surface area contributed by atoms with Crippen LogP contribution in [-0.4, -0.2) is 23.8 Å². The highest BCUT2D eigenvalue weighted by Crippen LogP contribution is 2.20. The first kappa shape index (κ1) is 13.8.